The molecule has 0 aromatic carbocycles. The maximum absolute atomic E-state index is 13.3. The van der Waals surface area contributed by atoms with Gasteiger partial charge in [-0.2, -0.15) is 0 Å². The fourth-order valence-corrected chi connectivity index (χ4v) is 1.48. The number of rotatable bonds is 1. The van der Waals surface area contributed by atoms with E-state index in [1.54, 1.807) is 6.92 Å². The fourth-order valence-electron chi connectivity index (χ4n) is 1.48. The number of hydrogen-bond acceptors (Lipinski definition) is 1. The minimum atomic E-state index is -0.130. The molecule has 66 valence electrons. The van der Waals surface area contributed by atoms with Crippen molar-refractivity contribution in [1.82, 2.24) is 4.98 Å². The molecule has 1 aromatic heterocycles. The van der Waals surface area contributed by atoms with Crippen LogP contribution in [-0.4, -0.2) is 4.98 Å². The molecule has 0 amide bonds. The Kier molecular flexibility index (Phi) is 2.46. The maximum atomic E-state index is 13.3. The first kappa shape index (κ1) is 9.17. The molecule has 0 saturated heterocycles. The van der Waals surface area contributed by atoms with Gasteiger partial charge in [-0.3, -0.25) is 4.98 Å². The Bertz CT molecular complexity index is 269. The molecule has 0 bridgehead atoms. The van der Waals surface area contributed by atoms with E-state index < -0.39 is 0 Å². The van der Waals surface area contributed by atoms with E-state index in [4.69, 9.17) is 0 Å². The predicted octanol–water partition coefficient (Wildman–Crippen LogP) is 2.96. The molecule has 0 saturated carbocycles. The first-order valence-corrected chi connectivity index (χ1v) is 4.16. The molecule has 0 aliphatic rings. The van der Waals surface area contributed by atoms with Crippen molar-refractivity contribution in [3.63, 3.8) is 0 Å². The van der Waals surface area contributed by atoms with Crippen LogP contribution in [-0.2, 0) is 0 Å². The van der Waals surface area contributed by atoms with Crippen molar-refractivity contribution in [2.75, 3.05) is 0 Å². The van der Waals surface area contributed by atoms with Crippen LogP contribution in [0.1, 0.15) is 36.7 Å². The third kappa shape index (κ3) is 1.63. The van der Waals surface area contributed by atoms with Crippen molar-refractivity contribution in [2.24, 2.45) is 0 Å². The van der Waals surface area contributed by atoms with E-state index >= 15 is 0 Å². The van der Waals surface area contributed by atoms with Crippen LogP contribution < -0.4 is 0 Å². The topological polar surface area (TPSA) is 12.9 Å². The summed E-state index contributed by atoms with van der Waals surface area (Å²) < 4.78 is 13.3. The molecule has 0 unspecified atom stereocenters. The van der Waals surface area contributed by atoms with Gasteiger partial charge in [-0.25, -0.2) is 4.39 Å². The summed E-state index contributed by atoms with van der Waals surface area (Å²) in [6.45, 7) is 7.61. The Morgan fingerprint density at radius 2 is 1.92 bits per heavy atom. The molecule has 0 atom stereocenters. The van der Waals surface area contributed by atoms with Crippen LogP contribution >= 0.6 is 0 Å². The number of aromatic nitrogens is 1. The van der Waals surface area contributed by atoms with E-state index in [1.807, 2.05) is 20.8 Å². The molecule has 0 aliphatic carbocycles. The molecule has 0 fully saturated rings. The predicted molar refractivity (Wildman–Crippen MR) is 47.8 cm³/mol. The van der Waals surface area contributed by atoms with Gasteiger partial charge in [0.15, 0.2) is 0 Å². The summed E-state index contributed by atoms with van der Waals surface area (Å²) in [7, 11) is 0. The monoisotopic (exact) mass is 167 g/mol. The van der Waals surface area contributed by atoms with Gasteiger partial charge >= 0.3 is 0 Å². The summed E-state index contributed by atoms with van der Waals surface area (Å²) in [4.78, 5) is 4.22. The van der Waals surface area contributed by atoms with Crippen LogP contribution in [0.3, 0.4) is 0 Å². The summed E-state index contributed by atoms with van der Waals surface area (Å²) >= 11 is 0. The highest BCUT2D eigenvalue weighted by Crippen LogP contribution is 2.21. The molecule has 1 nitrogen and oxygen atoms in total. The van der Waals surface area contributed by atoms with Gasteiger partial charge in [-0.05, 0) is 25.8 Å². The summed E-state index contributed by atoms with van der Waals surface area (Å²) in [6.07, 6.45) is 0. The first-order valence-electron chi connectivity index (χ1n) is 4.16. The van der Waals surface area contributed by atoms with Crippen LogP contribution in [0.4, 0.5) is 4.39 Å². The number of pyridine rings is 1. The van der Waals surface area contributed by atoms with Crippen LogP contribution in [0.15, 0.2) is 6.07 Å². The molecule has 12 heavy (non-hydrogen) atoms. The van der Waals surface area contributed by atoms with Crippen LogP contribution in [0.2, 0.25) is 0 Å². The molecule has 2 heteroatoms. The Labute approximate surface area is 72.6 Å². The lowest BCUT2D eigenvalue weighted by atomic mass is 10.0. The number of aryl methyl sites for hydroxylation is 2. The fraction of sp³-hybridized carbons (Fsp3) is 0.500. The van der Waals surface area contributed by atoms with Gasteiger partial charge in [-0.15, -0.1) is 0 Å². The van der Waals surface area contributed by atoms with Crippen molar-refractivity contribution in [3.8, 4) is 0 Å². The van der Waals surface area contributed by atoms with E-state index in [2.05, 4.69) is 4.98 Å². The van der Waals surface area contributed by atoms with Crippen molar-refractivity contribution >= 4 is 0 Å². The zero-order chi connectivity index (χ0) is 9.30. The minimum absolute atomic E-state index is 0.130. The molecule has 1 rings (SSSR count). The van der Waals surface area contributed by atoms with E-state index in [9.17, 15) is 4.39 Å². The lowest BCUT2D eigenvalue weighted by Crippen LogP contribution is -2.01. The van der Waals surface area contributed by atoms with Gasteiger partial charge < -0.3 is 0 Å². The van der Waals surface area contributed by atoms with Gasteiger partial charge in [0, 0.05) is 17.0 Å². The summed E-state index contributed by atoms with van der Waals surface area (Å²) in [5, 5.41) is 0. The van der Waals surface area contributed by atoms with Gasteiger partial charge in [0.2, 0.25) is 0 Å². The van der Waals surface area contributed by atoms with Crippen LogP contribution in [0.5, 0.6) is 0 Å². The summed E-state index contributed by atoms with van der Waals surface area (Å²) in [5.41, 5.74) is 2.29. The molecule has 0 radical (unpaired) electrons. The second-order valence-corrected chi connectivity index (χ2v) is 3.40. The Hall–Kier alpha value is -0.920. The van der Waals surface area contributed by atoms with Crippen molar-refractivity contribution in [3.05, 3.63) is 28.8 Å². The average molecular weight is 167 g/mol. The lowest BCUT2D eigenvalue weighted by Gasteiger charge is -2.10. The van der Waals surface area contributed by atoms with E-state index in [0.717, 1.165) is 17.0 Å². The zero-order valence-corrected chi connectivity index (χ0v) is 7.98. The standard InChI is InChI=1S/C10H14FN/c1-6(2)10-8(4)12-7(3)5-9(10)11/h5-6H,1-4H3. The molecule has 0 aliphatic heterocycles. The van der Waals surface area contributed by atoms with Gasteiger partial charge in [-0.1, -0.05) is 13.8 Å². The third-order valence-corrected chi connectivity index (χ3v) is 1.90. The lowest BCUT2D eigenvalue weighted by molar-refractivity contribution is 0.589. The molecule has 0 N–H and O–H groups in total. The van der Waals surface area contributed by atoms with Gasteiger partial charge in [0.25, 0.3) is 0 Å². The average Bonchev–Trinajstić information content (AvgIpc) is 1.82. The highest BCUT2D eigenvalue weighted by molar-refractivity contribution is 5.26. The third-order valence-electron chi connectivity index (χ3n) is 1.90. The smallest absolute Gasteiger partial charge is 0.130 e. The molecule has 1 heterocycles. The zero-order valence-electron chi connectivity index (χ0n) is 7.98. The van der Waals surface area contributed by atoms with Crippen LogP contribution in [0, 0.1) is 19.7 Å². The SMILES string of the molecule is Cc1cc(F)c(C(C)C)c(C)n1. The van der Waals surface area contributed by atoms with Crippen molar-refractivity contribution in [1.29, 1.82) is 0 Å². The summed E-state index contributed by atoms with van der Waals surface area (Å²) in [6, 6.07) is 1.49. The Balaban J connectivity index is 3.28. The number of nitrogens with zero attached hydrogens (tertiary/aromatic N) is 1. The largest absolute Gasteiger partial charge is 0.258 e. The van der Waals surface area contributed by atoms with E-state index in [-0.39, 0.29) is 11.7 Å². The van der Waals surface area contributed by atoms with Crippen LogP contribution in [0.25, 0.3) is 0 Å². The second-order valence-electron chi connectivity index (χ2n) is 3.40. The quantitative estimate of drug-likeness (QED) is 0.626. The first-order chi connectivity index (χ1) is 5.52. The molecular weight excluding hydrogens is 153 g/mol. The Morgan fingerprint density at radius 1 is 1.33 bits per heavy atom. The summed E-state index contributed by atoms with van der Waals surface area (Å²) in [5.74, 6) is 0.0769. The Morgan fingerprint density at radius 3 is 2.33 bits per heavy atom. The number of halogens is 1. The van der Waals surface area contributed by atoms with Crippen molar-refractivity contribution < 1.29 is 4.39 Å². The molecule has 0 spiro atoms. The van der Waals surface area contributed by atoms with Crippen molar-refractivity contribution in [2.45, 2.75) is 33.6 Å². The van der Waals surface area contributed by atoms with E-state index in [0.29, 0.717) is 0 Å². The van der Waals surface area contributed by atoms with E-state index in [1.165, 1.54) is 6.07 Å². The van der Waals surface area contributed by atoms with Gasteiger partial charge in [0.1, 0.15) is 5.82 Å². The normalized spacial score (nSPS) is 10.8. The molecule has 1 aromatic rings. The van der Waals surface area contributed by atoms with Gasteiger partial charge in [0.05, 0.1) is 0 Å². The highest BCUT2D eigenvalue weighted by atomic mass is 19.1. The minimum Gasteiger partial charge on any atom is -0.258 e. The number of hydrogen-bond donors (Lipinski definition) is 0. The molecular formula is C10H14FN. The maximum Gasteiger partial charge on any atom is 0.130 e. The second kappa shape index (κ2) is 3.21. The highest BCUT2D eigenvalue weighted by Gasteiger charge is 2.10.